The molecule has 0 saturated carbocycles. The zero-order valence-corrected chi connectivity index (χ0v) is 11.0. The molecular weight excluding hydrogens is 232 g/mol. The lowest BCUT2D eigenvalue weighted by atomic mass is 10.1. The molecule has 1 rings (SSSR count). The molecule has 1 amide bonds. The Morgan fingerprint density at radius 1 is 1.33 bits per heavy atom. The first-order valence-corrected chi connectivity index (χ1v) is 5.84. The van der Waals surface area contributed by atoms with Crippen LogP contribution in [0.4, 0.5) is 5.69 Å². The number of hydrogen-bond donors (Lipinski definition) is 3. The number of phenolic OH excluding ortho intramolecular Hbond substituents is 1. The van der Waals surface area contributed by atoms with Crippen molar-refractivity contribution in [2.75, 3.05) is 32.1 Å². The number of nitrogens with one attached hydrogen (secondary N) is 2. The van der Waals surface area contributed by atoms with E-state index in [-0.39, 0.29) is 18.2 Å². The predicted octanol–water partition coefficient (Wildman–Crippen LogP) is 1.18. The standard InChI is InChI=1S/C13H20N2O3/c1-9-7-12(16)10(2)6-11(9)15-13(17)8-14-4-5-18-3/h6-7,14,16H,4-5,8H2,1-3H3,(H,15,17). The summed E-state index contributed by atoms with van der Waals surface area (Å²) in [6, 6.07) is 3.40. The Morgan fingerprint density at radius 2 is 2.06 bits per heavy atom. The molecule has 0 aliphatic heterocycles. The van der Waals surface area contributed by atoms with Crippen molar-refractivity contribution in [3.63, 3.8) is 0 Å². The molecule has 3 N–H and O–H groups in total. The Morgan fingerprint density at radius 3 is 2.72 bits per heavy atom. The molecule has 0 bridgehead atoms. The average molecular weight is 252 g/mol. The van der Waals surface area contributed by atoms with Crippen molar-refractivity contribution in [1.29, 1.82) is 0 Å². The third kappa shape index (κ3) is 4.35. The fraction of sp³-hybridized carbons (Fsp3) is 0.462. The summed E-state index contributed by atoms with van der Waals surface area (Å²) in [5.74, 6) is 0.128. The van der Waals surface area contributed by atoms with E-state index in [1.165, 1.54) is 0 Å². The van der Waals surface area contributed by atoms with Crippen molar-refractivity contribution >= 4 is 11.6 Å². The number of aromatic hydroxyl groups is 1. The normalized spacial score (nSPS) is 10.4. The van der Waals surface area contributed by atoms with Gasteiger partial charge in [0.1, 0.15) is 5.75 Å². The highest BCUT2D eigenvalue weighted by Gasteiger charge is 2.07. The van der Waals surface area contributed by atoms with Gasteiger partial charge in [-0.1, -0.05) is 0 Å². The third-order valence-electron chi connectivity index (χ3n) is 2.59. The maximum Gasteiger partial charge on any atom is 0.238 e. The zero-order chi connectivity index (χ0) is 13.5. The largest absolute Gasteiger partial charge is 0.508 e. The summed E-state index contributed by atoms with van der Waals surface area (Å²) in [7, 11) is 1.62. The van der Waals surface area contributed by atoms with E-state index in [1.54, 1.807) is 26.2 Å². The number of aryl methyl sites for hydroxylation is 2. The monoisotopic (exact) mass is 252 g/mol. The summed E-state index contributed by atoms with van der Waals surface area (Å²) in [4.78, 5) is 11.6. The number of rotatable bonds is 6. The summed E-state index contributed by atoms with van der Waals surface area (Å²) in [6.45, 7) is 5.08. The average Bonchev–Trinajstić information content (AvgIpc) is 2.32. The van der Waals surface area contributed by atoms with Crippen LogP contribution in [0, 0.1) is 13.8 Å². The first-order valence-electron chi connectivity index (χ1n) is 5.84. The van der Waals surface area contributed by atoms with E-state index in [1.807, 2.05) is 6.92 Å². The van der Waals surface area contributed by atoms with Crippen molar-refractivity contribution in [3.8, 4) is 5.75 Å². The van der Waals surface area contributed by atoms with Gasteiger partial charge in [-0.3, -0.25) is 4.79 Å². The first kappa shape index (κ1) is 14.5. The SMILES string of the molecule is COCCNCC(=O)Nc1cc(C)c(O)cc1C. The van der Waals surface area contributed by atoms with E-state index in [2.05, 4.69) is 10.6 Å². The van der Waals surface area contributed by atoms with Gasteiger partial charge in [0.25, 0.3) is 0 Å². The van der Waals surface area contributed by atoms with Gasteiger partial charge >= 0.3 is 0 Å². The number of benzene rings is 1. The minimum Gasteiger partial charge on any atom is -0.508 e. The van der Waals surface area contributed by atoms with E-state index in [4.69, 9.17) is 4.74 Å². The molecule has 5 nitrogen and oxygen atoms in total. The molecule has 0 heterocycles. The van der Waals surface area contributed by atoms with E-state index < -0.39 is 0 Å². The Labute approximate surface area is 107 Å². The van der Waals surface area contributed by atoms with Crippen LogP contribution < -0.4 is 10.6 Å². The number of anilines is 1. The molecule has 0 atom stereocenters. The fourth-order valence-electron chi connectivity index (χ4n) is 1.51. The number of ether oxygens (including phenoxy) is 1. The molecule has 0 spiro atoms. The molecule has 1 aromatic rings. The van der Waals surface area contributed by atoms with Crippen LogP contribution in [0.3, 0.4) is 0 Å². The Hall–Kier alpha value is -1.59. The van der Waals surface area contributed by atoms with Crippen LogP contribution in [0.1, 0.15) is 11.1 Å². The van der Waals surface area contributed by atoms with Crippen LogP contribution in [0.15, 0.2) is 12.1 Å². The molecule has 5 heteroatoms. The number of methoxy groups -OCH3 is 1. The van der Waals surface area contributed by atoms with Gasteiger partial charge in [-0.2, -0.15) is 0 Å². The fourth-order valence-corrected chi connectivity index (χ4v) is 1.51. The molecule has 18 heavy (non-hydrogen) atoms. The van der Waals surface area contributed by atoms with Crippen LogP contribution in [-0.4, -0.2) is 37.8 Å². The van der Waals surface area contributed by atoms with Gasteiger partial charge in [-0.05, 0) is 37.1 Å². The summed E-state index contributed by atoms with van der Waals surface area (Å²) >= 11 is 0. The Kier molecular flexibility index (Phi) is 5.61. The van der Waals surface area contributed by atoms with Crippen molar-refractivity contribution in [1.82, 2.24) is 5.32 Å². The van der Waals surface area contributed by atoms with Gasteiger partial charge in [0.2, 0.25) is 5.91 Å². The van der Waals surface area contributed by atoms with E-state index >= 15 is 0 Å². The lowest BCUT2D eigenvalue weighted by molar-refractivity contribution is -0.115. The third-order valence-corrected chi connectivity index (χ3v) is 2.59. The van der Waals surface area contributed by atoms with Crippen molar-refractivity contribution in [3.05, 3.63) is 23.3 Å². The second kappa shape index (κ2) is 6.98. The summed E-state index contributed by atoms with van der Waals surface area (Å²) in [5.41, 5.74) is 2.30. The molecular formula is C13H20N2O3. The molecule has 0 aromatic heterocycles. The molecule has 0 fully saturated rings. The van der Waals surface area contributed by atoms with Gasteiger partial charge in [0.05, 0.1) is 13.2 Å². The van der Waals surface area contributed by atoms with Crippen LogP contribution in [0.5, 0.6) is 5.75 Å². The zero-order valence-electron chi connectivity index (χ0n) is 11.0. The first-order chi connectivity index (χ1) is 8.54. The minimum absolute atomic E-state index is 0.112. The van der Waals surface area contributed by atoms with E-state index in [0.717, 1.165) is 16.8 Å². The van der Waals surface area contributed by atoms with Crippen LogP contribution in [0.25, 0.3) is 0 Å². The molecule has 0 radical (unpaired) electrons. The Bertz CT molecular complexity index is 419. The highest BCUT2D eigenvalue weighted by Crippen LogP contribution is 2.24. The predicted molar refractivity (Wildman–Crippen MR) is 71.0 cm³/mol. The summed E-state index contributed by atoms with van der Waals surface area (Å²) in [6.07, 6.45) is 0. The van der Waals surface area contributed by atoms with Crippen molar-refractivity contribution in [2.45, 2.75) is 13.8 Å². The number of amides is 1. The lowest BCUT2D eigenvalue weighted by Gasteiger charge is -2.11. The molecule has 0 saturated heterocycles. The van der Waals surface area contributed by atoms with Gasteiger partial charge < -0.3 is 20.5 Å². The molecule has 0 aliphatic carbocycles. The van der Waals surface area contributed by atoms with Crippen LogP contribution in [0.2, 0.25) is 0 Å². The Balaban J connectivity index is 2.51. The van der Waals surface area contributed by atoms with Gasteiger partial charge in [0, 0.05) is 19.3 Å². The van der Waals surface area contributed by atoms with E-state index in [0.29, 0.717) is 13.2 Å². The molecule has 0 unspecified atom stereocenters. The number of phenols is 1. The topological polar surface area (TPSA) is 70.6 Å². The highest BCUT2D eigenvalue weighted by atomic mass is 16.5. The number of carbonyl (C=O) groups excluding carboxylic acids is 1. The maximum absolute atomic E-state index is 11.6. The van der Waals surface area contributed by atoms with E-state index in [9.17, 15) is 9.90 Å². The van der Waals surface area contributed by atoms with Crippen LogP contribution >= 0.6 is 0 Å². The maximum atomic E-state index is 11.6. The molecule has 100 valence electrons. The van der Waals surface area contributed by atoms with Crippen molar-refractivity contribution in [2.24, 2.45) is 0 Å². The van der Waals surface area contributed by atoms with Gasteiger partial charge in [0.15, 0.2) is 0 Å². The summed E-state index contributed by atoms with van der Waals surface area (Å²) < 4.78 is 4.87. The lowest BCUT2D eigenvalue weighted by Crippen LogP contribution is -2.30. The number of carbonyl (C=O) groups is 1. The van der Waals surface area contributed by atoms with Crippen molar-refractivity contribution < 1.29 is 14.6 Å². The minimum atomic E-state index is -0.112. The summed E-state index contributed by atoms with van der Waals surface area (Å²) in [5, 5.41) is 15.3. The quantitative estimate of drug-likeness (QED) is 0.525. The number of hydrogen-bond acceptors (Lipinski definition) is 4. The smallest absolute Gasteiger partial charge is 0.238 e. The van der Waals surface area contributed by atoms with Gasteiger partial charge in [-0.15, -0.1) is 0 Å². The van der Waals surface area contributed by atoms with Crippen LogP contribution in [-0.2, 0) is 9.53 Å². The van der Waals surface area contributed by atoms with Gasteiger partial charge in [-0.25, -0.2) is 0 Å². The molecule has 0 aliphatic rings. The second-order valence-corrected chi connectivity index (χ2v) is 4.17. The second-order valence-electron chi connectivity index (χ2n) is 4.17. The molecule has 1 aromatic carbocycles. The highest BCUT2D eigenvalue weighted by molar-refractivity contribution is 5.93.